The minimum Gasteiger partial charge on any atom is -0.396 e. The second kappa shape index (κ2) is 10.6. The van der Waals surface area contributed by atoms with E-state index in [4.69, 9.17) is 5.11 Å². The van der Waals surface area contributed by atoms with E-state index in [1.807, 2.05) is 0 Å². The molecule has 1 N–H and O–H groups in total. The summed E-state index contributed by atoms with van der Waals surface area (Å²) in [7, 11) is 0. The van der Waals surface area contributed by atoms with E-state index in [1.54, 1.807) is 0 Å². The van der Waals surface area contributed by atoms with Crippen LogP contribution in [0.25, 0.3) is 0 Å². The first-order valence-corrected chi connectivity index (χ1v) is 8.35. The molecule has 0 unspecified atom stereocenters. The number of hydrogen-bond acceptors (Lipinski definition) is 3. The molecule has 114 valence electrons. The third-order valence-corrected chi connectivity index (χ3v) is 4.61. The summed E-state index contributed by atoms with van der Waals surface area (Å²) >= 11 is 0. The van der Waals surface area contributed by atoms with E-state index in [-0.39, 0.29) is 0 Å². The molecule has 0 amide bonds. The van der Waals surface area contributed by atoms with Crippen LogP contribution < -0.4 is 0 Å². The maximum absolute atomic E-state index is 8.97. The Morgan fingerprint density at radius 3 is 2.16 bits per heavy atom. The van der Waals surface area contributed by atoms with Crippen LogP contribution in [0.1, 0.15) is 52.4 Å². The smallest absolute Gasteiger partial charge is 0.0433 e. The largest absolute Gasteiger partial charge is 0.396 e. The SMILES string of the molecule is CC[C@@H](CCO)CCCCCN1CCN(CC)CC1. The van der Waals surface area contributed by atoms with E-state index < -0.39 is 0 Å². The van der Waals surface area contributed by atoms with Crippen molar-refractivity contribution in [1.82, 2.24) is 9.80 Å². The average molecular weight is 270 g/mol. The molecule has 0 aromatic rings. The van der Waals surface area contributed by atoms with Gasteiger partial charge in [0.2, 0.25) is 0 Å². The van der Waals surface area contributed by atoms with Gasteiger partial charge in [-0.05, 0) is 31.8 Å². The van der Waals surface area contributed by atoms with Gasteiger partial charge in [0.25, 0.3) is 0 Å². The Morgan fingerprint density at radius 1 is 0.895 bits per heavy atom. The summed E-state index contributed by atoms with van der Waals surface area (Å²) in [5, 5.41) is 8.97. The van der Waals surface area contributed by atoms with Crippen LogP contribution in [0.2, 0.25) is 0 Å². The molecule has 0 aliphatic carbocycles. The molecule has 1 atom stereocenters. The van der Waals surface area contributed by atoms with Crippen LogP contribution >= 0.6 is 0 Å². The highest BCUT2D eigenvalue weighted by Crippen LogP contribution is 2.17. The number of likely N-dealkylation sites (N-methyl/N-ethyl adjacent to an activating group) is 1. The second-order valence-electron chi connectivity index (χ2n) is 5.91. The van der Waals surface area contributed by atoms with Crippen molar-refractivity contribution >= 4 is 0 Å². The fraction of sp³-hybridized carbons (Fsp3) is 1.00. The van der Waals surface area contributed by atoms with E-state index in [0.717, 1.165) is 12.3 Å². The van der Waals surface area contributed by atoms with Gasteiger partial charge >= 0.3 is 0 Å². The maximum atomic E-state index is 8.97. The Labute approximate surface area is 120 Å². The Kier molecular flexibility index (Phi) is 9.48. The number of hydrogen-bond donors (Lipinski definition) is 1. The molecule has 1 rings (SSSR count). The van der Waals surface area contributed by atoms with Gasteiger partial charge in [0, 0.05) is 32.8 Å². The molecule has 0 radical (unpaired) electrons. The summed E-state index contributed by atoms with van der Waals surface area (Å²) < 4.78 is 0. The van der Waals surface area contributed by atoms with Gasteiger partial charge in [-0.2, -0.15) is 0 Å². The quantitative estimate of drug-likeness (QED) is 0.618. The van der Waals surface area contributed by atoms with Crippen LogP contribution in [-0.4, -0.2) is 60.8 Å². The molecule has 0 bridgehead atoms. The number of piperazine rings is 1. The van der Waals surface area contributed by atoms with Crippen LogP contribution in [0.3, 0.4) is 0 Å². The van der Waals surface area contributed by atoms with E-state index in [9.17, 15) is 0 Å². The number of unbranched alkanes of at least 4 members (excludes halogenated alkanes) is 2. The summed E-state index contributed by atoms with van der Waals surface area (Å²) in [6.45, 7) is 12.4. The molecule has 0 saturated carbocycles. The molecule has 1 saturated heterocycles. The van der Waals surface area contributed by atoms with Gasteiger partial charge in [-0.1, -0.05) is 39.5 Å². The normalized spacial score (nSPS) is 19.7. The molecule has 19 heavy (non-hydrogen) atoms. The summed E-state index contributed by atoms with van der Waals surface area (Å²) in [5.41, 5.74) is 0. The van der Waals surface area contributed by atoms with Crippen LogP contribution in [0.5, 0.6) is 0 Å². The molecular weight excluding hydrogens is 236 g/mol. The first kappa shape index (κ1) is 16.9. The zero-order valence-corrected chi connectivity index (χ0v) is 13.1. The van der Waals surface area contributed by atoms with Crippen molar-refractivity contribution in [1.29, 1.82) is 0 Å². The molecule has 0 aromatic heterocycles. The average Bonchev–Trinajstić information content (AvgIpc) is 2.46. The van der Waals surface area contributed by atoms with Crippen molar-refractivity contribution in [2.45, 2.75) is 52.4 Å². The fourth-order valence-corrected chi connectivity index (χ4v) is 3.01. The molecule has 1 fully saturated rings. The van der Waals surface area contributed by atoms with Gasteiger partial charge in [-0.25, -0.2) is 0 Å². The lowest BCUT2D eigenvalue weighted by atomic mass is 9.95. The first-order chi connectivity index (χ1) is 9.30. The van der Waals surface area contributed by atoms with Crippen LogP contribution in [0.15, 0.2) is 0 Å². The van der Waals surface area contributed by atoms with E-state index >= 15 is 0 Å². The molecule has 0 spiro atoms. The lowest BCUT2D eigenvalue weighted by molar-refractivity contribution is 0.135. The van der Waals surface area contributed by atoms with Crippen LogP contribution in [0, 0.1) is 5.92 Å². The molecule has 0 aromatic carbocycles. The van der Waals surface area contributed by atoms with Gasteiger partial charge in [-0.3, -0.25) is 0 Å². The second-order valence-corrected chi connectivity index (χ2v) is 5.91. The van der Waals surface area contributed by atoms with Gasteiger partial charge in [-0.15, -0.1) is 0 Å². The van der Waals surface area contributed by atoms with Gasteiger partial charge in [0.15, 0.2) is 0 Å². The summed E-state index contributed by atoms with van der Waals surface area (Å²) in [4.78, 5) is 5.16. The van der Waals surface area contributed by atoms with Crippen LogP contribution in [0.4, 0.5) is 0 Å². The molecule has 1 aliphatic rings. The fourth-order valence-electron chi connectivity index (χ4n) is 3.01. The Balaban J connectivity index is 1.96. The maximum Gasteiger partial charge on any atom is 0.0433 e. The number of aliphatic hydroxyl groups is 1. The van der Waals surface area contributed by atoms with Gasteiger partial charge in [0.1, 0.15) is 0 Å². The lowest BCUT2D eigenvalue weighted by Crippen LogP contribution is -2.46. The highest BCUT2D eigenvalue weighted by molar-refractivity contribution is 4.70. The highest BCUT2D eigenvalue weighted by atomic mass is 16.3. The third kappa shape index (κ3) is 7.28. The monoisotopic (exact) mass is 270 g/mol. The van der Waals surface area contributed by atoms with Gasteiger partial charge in [0.05, 0.1) is 0 Å². The standard InChI is InChI=1S/C16H34N2O/c1-3-16(9-15-19)8-6-5-7-10-18-13-11-17(4-2)12-14-18/h16,19H,3-15H2,1-2H3/t16-/m1/s1. The predicted octanol–water partition coefficient (Wildman–Crippen LogP) is 2.59. The Bertz CT molecular complexity index is 203. The third-order valence-electron chi connectivity index (χ3n) is 4.61. The summed E-state index contributed by atoms with van der Waals surface area (Å²) in [6, 6.07) is 0. The highest BCUT2D eigenvalue weighted by Gasteiger charge is 2.14. The topological polar surface area (TPSA) is 26.7 Å². The Morgan fingerprint density at radius 2 is 1.58 bits per heavy atom. The van der Waals surface area contributed by atoms with E-state index in [1.165, 1.54) is 71.4 Å². The lowest BCUT2D eigenvalue weighted by Gasteiger charge is -2.34. The minimum atomic E-state index is 0.361. The number of rotatable bonds is 10. The van der Waals surface area contributed by atoms with Gasteiger partial charge < -0.3 is 14.9 Å². The Hall–Kier alpha value is -0.120. The summed E-state index contributed by atoms with van der Waals surface area (Å²) in [5.74, 6) is 0.748. The predicted molar refractivity (Wildman–Crippen MR) is 82.5 cm³/mol. The molecule has 3 heteroatoms. The van der Waals surface area contributed by atoms with Crippen molar-refractivity contribution in [2.75, 3.05) is 45.9 Å². The molecule has 1 aliphatic heterocycles. The number of nitrogens with zero attached hydrogens (tertiary/aromatic N) is 2. The first-order valence-electron chi connectivity index (χ1n) is 8.35. The van der Waals surface area contributed by atoms with Crippen molar-refractivity contribution < 1.29 is 5.11 Å². The molecule has 1 heterocycles. The zero-order chi connectivity index (χ0) is 13.9. The molecule has 3 nitrogen and oxygen atoms in total. The zero-order valence-electron chi connectivity index (χ0n) is 13.1. The minimum absolute atomic E-state index is 0.361. The van der Waals surface area contributed by atoms with Crippen molar-refractivity contribution in [2.24, 2.45) is 5.92 Å². The van der Waals surface area contributed by atoms with E-state index in [2.05, 4.69) is 23.6 Å². The van der Waals surface area contributed by atoms with Crippen molar-refractivity contribution in [3.05, 3.63) is 0 Å². The van der Waals surface area contributed by atoms with Crippen molar-refractivity contribution in [3.8, 4) is 0 Å². The van der Waals surface area contributed by atoms with Crippen LogP contribution in [-0.2, 0) is 0 Å². The van der Waals surface area contributed by atoms with Crippen molar-refractivity contribution in [3.63, 3.8) is 0 Å². The summed E-state index contributed by atoms with van der Waals surface area (Å²) in [6.07, 6.45) is 7.57. The van der Waals surface area contributed by atoms with E-state index in [0.29, 0.717) is 6.61 Å². The molecular formula is C16H34N2O. The number of aliphatic hydroxyl groups excluding tert-OH is 1.